The Hall–Kier alpha value is -0.180. The van der Waals surface area contributed by atoms with Crippen molar-refractivity contribution in [3.05, 3.63) is 0 Å². The lowest BCUT2D eigenvalue weighted by Gasteiger charge is -2.01. The zero-order valence-electron chi connectivity index (χ0n) is 7.81. The van der Waals surface area contributed by atoms with Gasteiger partial charge in [-0.25, -0.2) is 0 Å². The number of thiol groups is 1. The summed E-state index contributed by atoms with van der Waals surface area (Å²) in [4.78, 5) is 10.5. The maximum absolute atomic E-state index is 10.5. The Bertz CT molecular complexity index is 117. The molecule has 0 aliphatic heterocycles. The Morgan fingerprint density at radius 3 is 2.33 bits per heavy atom. The Kier molecular flexibility index (Phi) is 8.78. The van der Waals surface area contributed by atoms with Crippen LogP contribution in [-0.4, -0.2) is 18.2 Å². The highest BCUT2D eigenvalue weighted by Crippen LogP contribution is 2.02. The third-order valence-electron chi connectivity index (χ3n) is 1.71. The minimum absolute atomic E-state index is 0.0744. The van der Waals surface area contributed by atoms with Gasteiger partial charge in [0.05, 0.1) is 0 Å². The van der Waals surface area contributed by atoms with E-state index >= 15 is 0 Å². The number of carbonyl (C=O) groups is 1. The van der Waals surface area contributed by atoms with Crippen LogP contribution in [0.5, 0.6) is 0 Å². The van der Waals surface area contributed by atoms with Crippen molar-refractivity contribution in [1.82, 2.24) is 5.32 Å². The molecule has 0 radical (unpaired) electrons. The van der Waals surface area contributed by atoms with Gasteiger partial charge in [-0.1, -0.05) is 19.3 Å². The molecule has 3 heteroatoms. The molecular formula is C9H19NOS. The van der Waals surface area contributed by atoms with E-state index in [9.17, 15) is 4.79 Å². The molecule has 0 saturated carbocycles. The van der Waals surface area contributed by atoms with Crippen molar-refractivity contribution in [3.63, 3.8) is 0 Å². The molecule has 0 aromatic carbocycles. The van der Waals surface area contributed by atoms with Crippen molar-refractivity contribution in [2.45, 2.75) is 39.0 Å². The third-order valence-corrected chi connectivity index (χ3v) is 2.03. The smallest absolute Gasteiger partial charge is 0.216 e. The highest BCUT2D eigenvalue weighted by Gasteiger charge is 1.91. The summed E-state index contributed by atoms with van der Waals surface area (Å²) in [7, 11) is 0. The molecule has 0 atom stereocenters. The number of amides is 1. The van der Waals surface area contributed by atoms with E-state index in [0.29, 0.717) is 0 Å². The van der Waals surface area contributed by atoms with E-state index in [2.05, 4.69) is 17.9 Å². The summed E-state index contributed by atoms with van der Waals surface area (Å²) in [5, 5.41) is 2.78. The fourth-order valence-corrected chi connectivity index (χ4v) is 1.26. The third kappa shape index (κ3) is 9.82. The lowest BCUT2D eigenvalue weighted by Crippen LogP contribution is -2.20. The van der Waals surface area contributed by atoms with Gasteiger partial charge in [0.1, 0.15) is 0 Å². The first-order valence-electron chi connectivity index (χ1n) is 4.62. The van der Waals surface area contributed by atoms with Gasteiger partial charge >= 0.3 is 0 Å². The van der Waals surface area contributed by atoms with Gasteiger partial charge in [-0.15, -0.1) is 0 Å². The molecule has 0 aliphatic rings. The van der Waals surface area contributed by atoms with Crippen LogP contribution in [0.1, 0.15) is 39.0 Å². The van der Waals surface area contributed by atoms with Crippen LogP contribution in [0.2, 0.25) is 0 Å². The second kappa shape index (κ2) is 8.91. The molecule has 0 spiro atoms. The molecule has 0 saturated heterocycles. The molecule has 0 aromatic heterocycles. The van der Waals surface area contributed by atoms with Crippen LogP contribution in [0.15, 0.2) is 0 Å². The largest absolute Gasteiger partial charge is 0.356 e. The van der Waals surface area contributed by atoms with E-state index in [0.717, 1.165) is 18.7 Å². The van der Waals surface area contributed by atoms with Crippen LogP contribution in [0.4, 0.5) is 0 Å². The number of unbranched alkanes of at least 4 members (excludes halogenated alkanes) is 4. The Morgan fingerprint density at radius 2 is 1.75 bits per heavy atom. The molecule has 0 aliphatic carbocycles. The number of nitrogens with one attached hydrogen (secondary N) is 1. The van der Waals surface area contributed by atoms with E-state index in [1.807, 2.05) is 0 Å². The monoisotopic (exact) mass is 189 g/mol. The van der Waals surface area contributed by atoms with E-state index in [1.54, 1.807) is 6.92 Å². The maximum Gasteiger partial charge on any atom is 0.216 e. The lowest BCUT2D eigenvalue weighted by atomic mass is 10.1. The van der Waals surface area contributed by atoms with Gasteiger partial charge < -0.3 is 5.32 Å². The van der Waals surface area contributed by atoms with E-state index in [4.69, 9.17) is 0 Å². The predicted octanol–water partition coefficient (Wildman–Crippen LogP) is 2.00. The molecule has 1 amide bonds. The van der Waals surface area contributed by atoms with E-state index < -0.39 is 0 Å². The topological polar surface area (TPSA) is 29.1 Å². The number of hydrogen-bond acceptors (Lipinski definition) is 2. The zero-order valence-corrected chi connectivity index (χ0v) is 8.70. The van der Waals surface area contributed by atoms with Gasteiger partial charge in [0.15, 0.2) is 0 Å². The van der Waals surface area contributed by atoms with Gasteiger partial charge in [0.25, 0.3) is 0 Å². The quantitative estimate of drug-likeness (QED) is 0.465. The molecule has 0 bridgehead atoms. The van der Waals surface area contributed by atoms with Crippen molar-refractivity contribution < 1.29 is 4.79 Å². The van der Waals surface area contributed by atoms with E-state index in [1.165, 1.54) is 25.7 Å². The molecule has 0 fully saturated rings. The molecular weight excluding hydrogens is 170 g/mol. The van der Waals surface area contributed by atoms with Crippen molar-refractivity contribution in [2.75, 3.05) is 12.3 Å². The normalized spacial score (nSPS) is 9.83. The first-order chi connectivity index (χ1) is 5.77. The molecule has 72 valence electrons. The Labute approximate surface area is 80.5 Å². The standard InChI is InChI=1S/C9H19NOS/c1-9(11)10-7-5-3-2-4-6-8-12/h12H,2-8H2,1H3,(H,10,11). The maximum atomic E-state index is 10.5. The summed E-state index contributed by atoms with van der Waals surface area (Å²) in [6.07, 6.45) is 6.06. The van der Waals surface area contributed by atoms with Crippen LogP contribution in [0, 0.1) is 0 Å². The summed E-state index contributed by atoms with van der Waals surface area (Å²) in [6.45, 7) is 2.39. The number of hydrogen-bond donors (Lipinski definition) is 2. The first kappa shape index (κ1) is 11.8. The minimum Gasteiger partial charge on any atom is -0.356 e. The van der Waals surface area contributed by atoms with Crippen LogP contribution in [0.25, 0.3) is 0 Å². The average Bonchev–Trinajstić information content (AvgIpc) is 2.02. The van der Waals surface area contributed by atoms with Crippen LogP contribution < -0.4 is 5.32 Å². The second-order valence-electron chi connectivity index (χ2n) is 2.97. The SMILES string of the molecule is CC(=O)NCCCCCCCS. The van der Waals surface area contributed by atoms with Gasteiger partial charge in [-0.3, -0.25) is 4.79 Å². The number of carbonyl (C=O) groups excluding carboxylic acids is 1. The predicted molar refractivity (Wildman–Crippen MR) is 55.6 cm³/mol. The van der Waals surface area contributed by atoms with Crippen molar-refractivity contribution in [1.29, 1.82) is 0 Å². The van der Waals surface area contributed by atoms with Gasteiger partial charge in [-0.2, -0.15) is 12.6 Å². The molecule has 0 aromatic rings. The molecule has 1 N–H and O–H groups in total. The highest BCUT2D eigenvalue weighted by molar-refractivity contribution is 7.80. The van der Waals surface area contributed by atoms with Gasteiger partial charge in [0.2, 0.25) is 5.91 Å². The minimum atomic E-state index is 0.0744. The molecule has 0 unspecified atom stereocenters. The van der Waals surface area contributed by atoms with Crippen molar-refractivity contribution in [3.8, 4) is 0 Å². The Balaban J connectivity index is 2.86. The molecule has 12 heavy (non-hydrogen) atoms. The molecule has 2 nitrogen and oxygen atoms in total. The van der Waals surface area contributed by atoms with Crippen molar-refractivity contribution in [2.24, 2.45) is 0 Å². The lowest BCUT2D eigenvalue weighted by molar-refractivity contribution is -0.118. The van der Waals surface area contributed by atoms with Gasteiger partial charge in [0, 0.05) is 13.5 Å². The van der Waals surface area contributed by atoms with Crippen LogP contribution in [-0.2, 0) is 4.79 Å². The summed E-state index contributed by atoms with van der Waals surface area (Å²) >= 11 is 4.13. The zero-order chi connectivity index (χ0) is 9.23. The van der Waals surface area contributed by atoms with E-state index in [-0.39, 0.29) is 5.91 Å². The first-order valence-corrected chi connectivity index (χ1v) is 5.26. The fourth-order valence-electron chi connectivity index (χ4n) is 1.03. The molecule has 0 heterocycles. The summed E-state index contributed by atoms with van der Waals surface area (Å²) in [5.41, 5.74) is 0. The highest BCUT2D eigenvalue weighted by atomic mass is 32.1. The molecule has 0 rings (SSSR count). The summed E-state index contributed by atoms with van der Waals surface area (Å²) in [6, 6.07) is 0. The van der Waals surface area contributed by atoms with Crippen LogP contribution >= 0.6 is 12.6 Å². The number of rotatable bonds is 7. The summed E-state index contributed by atoms with van der Waals surface area (Å²) < 4.78 is 0. The van der Waals surface area contributed by atoms with Crippen molar-refractivity contribution >= 4 is 18.5 Å². The fraction of sp³-hybridized carbons (Fsp3) is 0.889. The summed E-state index contributed by atoms with van der Waals surface area (Å²) in [5.74, 6) is 1.07. The average molecular weight is 189 g/mol. The van der Waals surface area contributed by atoms with Crippen LogP contribution in [0.3, 0.4) is 0 Å². The second-order valence-corrected chi connectivity index (χ2v) is 3.42. The van der Waals surface area contributed by atoms with Gasteiger partial charge in [-0.05, 0) is 18.6 Å². The Morgan fingerprint density at radius 1 is 1.17 bits per heavy atom.